The lowest BCUT2D eigenvalue weighted by atomic mass is 10.0. The lowest BCUT2D eigenvalue weighted by molar-refractivity contribution is -0.144. The van der Waals surface area contributed by atoms with Gasteiger partial charge < -0.3 is 43.4 Å². The van der Waals surface area contributed by atoms with E-state index in [4.69, 9.17) is 17.2 Å². The van der Waals surface area contributed by atoms with Crippen LogP contribution in [0.2, 0.25) is 0 Å². The summed E-state index contributed by atoms with van der Waals surface area (Å²) in [6.45, 7) is 5.04. The summed E-state index contributed by atoms with van der Waals surface area (Å²) < 4.78 is 0. The Hall–Kier alpha value is -2.77. The third kappa shape index (κ3) is 10.5. The molecule has 0 saturated carbocycles. The molecule has 0 saturated heterocycles. The fourth-order valence-electron chi connectivity index (χ4n) is 2.65. The van der Waals surface area contributed by atoms with Crippen molar-refractivity contribution in [1.29, 1.82) is 0 Å². The standard InChI is InChI=1S/C19H36N6O7/c1-9(2)14(22)17(29)25-15(10(3)26)18(30)23-11(6-4-5-7-20)16(28)24-12(19(31)32)8-13(21)27/h9-12,14-15,26H,4-8,20,22H2,1-3H3,(H2,21,27)(H,23,30)(H,24,28)(H,25,29)(H,31,32). The van der Waals surface area contributed by atoms with Crippen LogP contribution in [-0.2, 0) is 24.0 Å². The smallest absolute Gasteiger partial charge is 0.326 e. The Bertz CT molecular complexity index is 671. The number of amides is 4. The van der Waals surface area contributed by atoms with Gasteiger partial charge in [-0.05, 0) is 38.6 Å². The first kappa shape index (κ1) is 29.2. The maximum atomic E-state index is 12.7. The molecule has 0 aliphatic rings. The average molecular weight is 461 g/mol. The number of carboxylic acids is 1. The van der Waals surface area contributed by atoms with Crippen molar-refractivity contribution in [3.8, 4) is 0 Å². The Morgan fingerprint density at radius 2 is 1.44 bits per heavy atom. The fourth-order valence-corrected chi connectivity index (χ4v) is 2.65. The van der Waals surface area contributed by atoms with E-state index >= 15 is 0 Å². The monoisotopic (exact) mass is 460 g/mol. The number of carbonyl (C=O) groups is 5. The Kier molecular flexibility index (Phi) is 13.1. The van der Waals surface area contributed by atoms with E-state index in [0.717, 1.165) is 0 Å². The van der Waals surface area contributed by atoms with Crippen LogP contribution in [0.4, 0.5) is 0 Å². The summed E-state index contributed by atoms with van der Waals surface area (Å²) in [6.07, 6.45) is -0.893. The summed E-state index contributed by atoms with van der Waals surface area (Å²) >= 11 is 0. The Morgan fingerprint density at radius 1 is 0.875 bits per heavy atom. The summed E-state index contributed by atoms with van der Waals surface area (Å²) in [6, 6.07) is -5.11. The van der Waals surface area contributed by atoms with Crippen molar-refractivity contribution >= 4 is 29.6 Å². The van der Waals surface area contributed by atoms with Gasteiger partial charge in [-0.2, -0.15) is 0 Å². The number of hydrogen-bond acceptors (Lipinski definition) is 8. The number of nitrogens with one attached hydrogen (secondary N) is 3. The zero-order chi connectivity index (χ0) is 25.0. The van der Waals surface area contributed by atoms with Crippen molar-refractivity contribution in [2.45, 2.75) is 76.7 Å². The number of carboxylic acid groups (broad SMARTS) is 1. The molecular weight excluding hydrogens is 424 g/mol. The van der Waals surface area contributed by atoms with Gasteiger partial charge in [-0.15, -0.1) is 0 Å². The zero-order valence-corrected chi connectivity index (χ0v) is 18.7. The summed E-state index contributed by atoms with van der Waals surface area (Å²) in [7, 11) is 0. The highest BCUT2D eigenvalue weighted by Crippen LogP contribution is 2.06. The van der Waals surface area contributed by atoms with Gasteiger partial charge in [0.2, 0.25) is 23.6 Å². The van der Waals surface area contributed by atoms with E-state index in [1.807, 2.05) is 0 Å². The summed E-state index contributed by atoms with van der Waals surface area (Å²) in [5.41, 5.74) is 16.2. The summed E-state index contributed by atoms with van der Waals surface area (Å²) in [4.78, 5) is 60.0. The predicted molar refractivity (Wildman–Crippen MR) is 115 cm³/mol. The molecule has 0 rings (SSSR count). The Labute approximate surface area is 186 Å². The molecule has 0 fully saturated rings. The molecule has 11 N–H and O–H groups in total. The zero-order valence-electron chi connectivity index (χ0n) is 18.7. The minimum absolute atomic E-state index is 0.101. The minimum Gasteiger partial charge on any atom is -0.480 e. The minimum atomic E-state index is -1.58. The lowest BCUT2D eigenvalue weighted by Gasteiger charge is -2.27. The molecule has 4 amide bonds. The molecule has 32 heavy (non-hydrogen) atoms. The fraction of sp³-hybridized carbons (Fsp3) is 0.737. The van der Waals surface area contributed by atoms with E-state index in [1.165, 1.54) is 6.92 Å². The molecule has 5 atom stereocenters. The molecule has 0 aliphatic carbocycles. The second-order valence-corrected chi connectivity index (χ2v) is 7.91. The molecule has 13 nitrogen and oxygen atoms in total. The van der Waals surface area contributed by atoms with Crippen LogP contribution in [0.1, 0.15) is 46.5 Å². The van der Waals surface area contributed by atoms with Crippen molar-refractivity contribution in [3.05, 3.63) is 0 Å². The van der Waals surface area contributed by atoms with Crippen LogP contribution in [0, 0.1) is 5.92 Å². The number of aliphatic hydroxyl groups is 1. The number of rotatable bonds is 15. The molecule has 5 unspecified atom stereocenters. The van der Waals surface area contributed by atoms with Crippen LogP contribution >= 0.6 is 0 Å². The molecule has 0 radical (unpaired) electrons. The third-order valence-corrected chi connectivity index (χ3v) is 4.68. The van der Waals surface area contributed by atoms with E-state index in [1.54, 1.807) is 13.8 Å². The van der Waals surface area contributed by atoms with Crippen molar-refractivity contribution < 1.29 is 34.2 Å². The van der Waals surface area contributed by atoms with E-state index in [-0.39, 0.29) is 12.3 Å². The quantitative estimate of drug-likeness (QED) is 0.115. The van der Waals surface area contributed by atoms with Crippen molar-refractivity contribution in [2.75, 3.05) is 6.54 Å². The first-order valence-electron chi connectivity index (χ1n) is 10.4. The van der Waals surface area contributed by atoms with Crippen LogP contribution in [0.25, 0.3) is 0 Å². The highest BCUT2D eigenvalue weighted by molar-refractivity contribution is 5.95. The van der Waals surface area contributed by atoms with Crippen LogP contribution in [0.15, 0.2) is 0 Å². The van der Waals surface area contributed by atoms with E-state index < -0.39 is 66.3 Å². The van der Waals surface area contributed by atoms with Gasteiger partial charge >= 0.3 is 5.97 Å². The molecule has 0 bridgehead atoms. The first-order valence-corrected chi connectivity index (χ1v) is 10.4. The second-order valence-electron chi connectivity index (χ2n) is 7.91. The first-order chi connectivity index (χ1) is 14.8. The van der Waals surface area contributed by atoms with Gasteiger partial charge in [0, 0.05) is 0 Å². The topological polar surface area (TPSA) is 240 Å². The van der Waals surface area contributed by atoms with Crippen LogP contribution < -0.4 is 33.2 Å². The number of primary amides is 1. The maximum Gasteiger partial charge on any atom is 0.326 e. The van der Waals surface area contributed by atoms with Gasteiger partial charge in [-0.1, -0.05) is 13.8 Å². The van der Waals surface area contributed by atoms with Gasteiger partial charge in [0.05, 0.1) is 18.6 Å². The van der Waals surface area contributed by atoms with E-state index in [2.05, 4.69) is 16.0 Å². The predicted octanol–water partition coefficient (Wildman–Crippen LogP) is -3.11. The average Bonchev–Trinajstić information content (AvgIpc) is 2.68. The lowest BCUT2D eigenvalue weighted by Crippen LogP contribution is -2.60. The highest BCUT2D eigenvalue weighted by Gasteiger charge is 2.33. The summed E-state index contributed by atoms with van der Waals surface area (Å²) in [5.74, 6) is -5.00. The number of nitrogens with two attached hydrogens (primary N) is 3. The molecule has 0 heterocycles. The van der Waals surface area contributed by atoms with Crippen molar-refractivity contribution in [3.63, 3.8) is 0 Å². The normalized spacial score (nSPS) is 15.7. The van der Waals surface area contributed by atoms with Gasteiger partial charge in [0.1, 0.15) is 18.1 Å². The number of hydrogen-bond donors (Lipinski definition) is 8. The highest BCUT2D eigenvalue weighted by atomic mass is 16.4. The molecule has 0 aromatic heterocycles. The van der Waals surface area contributed by atoms with E-state index in [9.17, 15) is 34.2 Å². The molecular formula is C19H36N6O7. The molecule has 13 heteroatoms. The number of aliphatic carboxylic acids is 1. The van der Waals surface area contributed by atoms with Gasteiger partial charge in [0.25, 0.3) is 0 Å². The third-order valence-electron chi connectivity index (χ3n) is 4.68. The number of unbranched alkanes of at least 4 members (excludes halogenated alkanes) is 1. The van der Waals surface area contributed by atoms with Crippen molar-refractivity contribution in [1.82, 2.24) is 16.0 Å². The van der Waals surface area contributed by atoms with Crippen molar-refractivity contribution in [2.24, 2.45) is 23.1 Å². The Morgan fingerprint density at radius 3 is 1.88 bits per heavy atom. The maximum absolute atomic E-state index is 12.7. The van der Waals surface area contributed by atoms with Gasteiger partial charge in [-0.25, -0.2) is 4.79 Å². The number of aliphatic hydroxyl groups excluding tert-OH is 1. The largest absolute Gasteiger partial charge is 0.480 e. The van der Waals surface area contributed by atoms with Crippen LogP contribution in [-0.4, -0.2) is 76.6 Å². The number of carbonyl (C=O) groups excluding carboxylic acids is 4. The van der Waals surface area contributed by atoms with Crippen LogP contribution in [0.3, 0.4) is 0 Å². The SMILES string of the molecule is CC(C)C(N)C(=O)NC(C(=O)NC(CCCCN)C(=O)NC(CC(N)=O)C(=O)O)C(C)O. The van der Waals surface area contributed by atoms with Gasteiger partial charge in [0.15, 0.2) is 0 Å². The Balaban J connectivity index is 5.47. The second kappa shape index (κ2) is 14.3. The molecule has 0 aliphatic heterocycles. The molecule has 184 valence electrons. The molecule has 0 aromatic carbocycles. The summed E-state index contributed by atoms with van der Waals surface area (Å²) in [5, 5.41) is 26.1. The molecule has 0 aromatic rings. The van der Waals surface area contributed by atoms with Crippen LogP contribution in [0.5, 0.6) is 0 Å². The molecule has 0 spiro atoms. The van der Waals surface area contributed by atoms with E-state index in [0.29, 0.717) is 19.4 Å². The van der Waals surface area contributed by atoms with Gasteiger partial charge in [-0.3, -0.25) is 19.2 Å².